The molecule has 1 unspecified atom stereocenters. The van der Waals surface area contributed by atoms with E-state index in [9.17, 15) is 4.79 Å². The molecule has 1 aromatic rings. The summed E-state index contributed by atoms with van der Waals surface area (Å²) in [6, 6.07) is 7.58. The van der Waals surface area contributed by atoms with Crippen LogP contribution in [-0.4, -0.2) is 25.3 Å². The van der Waals surface area contributed by atoms with Gasteiger partial charge in [-0.25, -0.2) is 0 Å². The van der Waals surface area contributed by atoms with Crippen LogP contribution in [0.3, 0.4) is 0 Å². The van der Waals surface area contributed by atoms with Crippen molar-refractivity contribution in [3.8, 4) is 0 Å². The van der Waals surface area contributed by atoms with Gasteiger partial charge in [0.1, 0.15) is 0 Å². The van der Waals surface area contributed by atoms with Gasteiger partial charge in [0.05, 0.1) is 6.61 Å². The number of carbonyl (C=O) groups is 1. The summed E-state index contributed by atoms with van der Waals surface area (Å²) in [6.45, 7) is 2.89. The van der Waals surface area contributed by atoms with Gasteiger partial charge in [-0.05, 0) is 31.7 Å². The Bertz CT molecular complexity index is 445. The minimum atomic E-state index is -0.0681. The van der Waals surface area contributed by atoms with Gasteiger partial charge < -0.3 is 9.47 Å². The third kappa shape index (κ3) is 4.30. The molecule has 3 nitrogen and oxygen atoms in total. The molecule has 3 heteroatoms. The van der Waals surface area contributed by atoms with E-state index in [4.69, 9.17) is 9.47 Å². The van der Waals surface area contributed by atoms with Crippen LogP contribution < -0.4 is 0 Å². The average molecular weight is 260 g/mol. The second-order valence-electron chi connectivity index (χ2n) is 4.68. The Hall–Kier alpha value is -1.45. The topological polar surface area (TPSA) is 35.5 Å². The van der Waals surface area contributed by atoms with Crippen LogP contribution >= 0.6 is 0 Å². The predicted octanol–water partition coefficient (Wildman–Crippen LogP) is 3.45. The van der Waals surface area contributed by atoms with Gasteiger partial charge in [0.2, 0.25) is 0 Å². The molecule has 102 valence electrons. The highest BCUT2D eigenvalue weighted by Gasteiger charge is 2.12. The molecule has 2 rings (SSSR count). The van der Waals surface area contributed by atoms with E-state index in [0.29, 0.717) is 6.61 Å². The van der Waals surface area contributed by atoms with Gasteiger partial charge in [-0.15, -0.1) is 0 Å². The first-order valence-corrected chi connectivity index (χ1v) is 6.77. The van der Waals surface area contributed by atoms with E-state index < -0.39 is 0 Å². The van der Waals surface area contributed by atoms with E-state index in [-0.39, 0.29) is 12.1 Å². The number of carbonyl (C=O) groups excluding carboxylic acids is 1. The molecule has 0 spiro atoms. The number of hydrogen-bond acceptors (Lipinski definition) is 3. The molecule has 1 atom stereocenters. The fraction of sp³-hybridized carbons (Fsp3) is 0.438. The zero-order valence-corrected chi connectivity index (χ0v) is 11.3. The minimum absolute atomic E-state index is 0.0681. The largest absolute Gasteiger partial charge is 0.353 e. The Morgan fingerprint density at radius 1 is 1.42 bits per heavy atom. The summed E-state index contributed by atoms with van der Waals surface area (Å²) in [7, 11) is 0. The highest BCUT2D eigenvalue weighted by atomic mass is 16.7. The molecule has 1 saturated heterocycles. The van der Waals surface area contributed by atoms with E-state index in [2.05, 4.69) is 0 Å². The summed E-state index contributed by atoms with van der Waals surface area (Å²) in [5.74, 6) is 0.0804. The van der Waals surface area contributed by atoms with Crippen molar-refractivity contribution >= 4 is 11.9 Å². The smallest absolute Gasteiger partial charge is 0.160 e. The van der Waals surface area contributed by atoms with Crippen LogP contribution in [0.4, 0.5) is 0 Å². The molecule has 0 aliphatic carbocycles. The minimum Gasteiger partial charge on any atom is -0.353 e. The fourth-order valence-electron chi connectivity index (χ4n) is 2.14. The lowest BCUT2D eigenvalue weighted by Crippen LogP contribution is -2.22. The second-order valence-corrected chi connectivity index (χ2v) is 4.68. The highest BCUT2D eigenvalue weighted by molar-refractivity contribution is 5.97. The molecule has 1 heterocycles. The van der Waals surface area contributed by atoms with Gasteiger partial charge in [-0.3, -0.25) is 4.79 Å². The van der Waals surface area contributed by atoms with Crippen LogP contribution in [0.2, 0.25) is 0 Å². The van der Waals surface area contributed by atoms with E-state index in [1.54, 1.807) is 6.92 Å². The molecule has 19 heavy (non-hydrogen) atoms. The maximum absolute atomic E-state index is 11.5. The Labute approximate surface area is 114 Å². The summed E-state index contributed by atoms with van der Waals surface area (Å²) in [5, 5.41) is 0. The average Bonchev–Trinajstić information content (AvgIpc) is 2.45. The molecular formula is C16H20O3. The molecule has 1 aromatic carbocycles. The summed E-state index contributed by atoms with van der Waals surface area (Å²) < 4.78 is 11.1. The van der Waals surface area contributed by atoms with Crippen molar-refractivity contribution in [3.63, 3.8) is 0 Å². The summed E-state index contributed by atoms with van der Waals surface area (Å²) in [4.78, 5) is 11.5. The number of rotatable bonds is 5. The summed E-state index contributed by atoms with van der Waals surface area (Å²) in [6.07, 6.45) is 7.06. The Morgan fingerprint density at radius 3 is 3.00 bits per heavy atom. The van der Waals surface area contributed by atoms with Crippen LogP contribution in [0, 0.1) is 0 Å². The molecule has 0 amide bonds. The Kier molecular flexibility index (Phi) is 5.31. The van der Waals surface area contributed by atoms with Crippen molar-refractivity contribution in [3.05, 3.63) is 41.5 Å². The van der Waals surface area contributed by atoms with Gasteiger partial charge in [0, 0.05) is 12.2 Å². The SMILES string of the molecule is CC(=O)c1ccccc1/C=C/COC1CCCCO1. The van der Waals surface area contributed by atoms with E-state index >= 15 is 0 Å². The maximum atomic E-state index is 11.5. The van der Waals surface area contributed by atoms with Crippen molar-refractivity contribution in [1.82, 2.24) is 0 Å². The number of benzene rings is 1. The van der Waals surface area contributed by atoms with Gasteiger partial charge in [0.25, 0.3) is 0 Å². The van der Waals surface area contributed by atoms with Crippen molar-refractivity contribution in [2.75, 3.05) is 13.2 Å². The predicted molar refractivity (Wildman–Crippen MR) is 75.0 cm³/mol. The first-order chi connectivity index (χ1) is 9.27. The van der Waals surface area contributed by atoms with Gasteiger partial charge >= 0.3 is 0 Å². The molecule has 1 aliphatic rings. The third-order valence-electron chi connectivity index (χ3n) is 3.15. The van der Waals surface area contributed by atoms with Gasteiger partial charge in [-0.1, -0.05) is 36.4 Å². The molecule has 1 aliphatic heterocycles. The van der Waals surface area contributed by atoms with E-state index in [0.717, 1.165) is 30.6 Å². The van der Waals surface area contributed by atoms with E-state index in [1.807, 2.05) is 36.4 Å². The lowest BCUT2D eigenvalue weighted by atomic mass is 10.0. The van der Waals surface area contributed by atoms with Crippen molar-refractivity contribution in [2.24, 2.45) is 0 Å². The Morgan fingerprint density at radius 2 is 2.26 bits per heavy atom. The van der Waals surface area contributed by atoms with Crippen molar-refractivity contribution in [1.29, 1.82) is 0 Å². The quantitative estimate of drug-likeness (QED) is 0.761. The number of ketones is 1. The molecule has 0 radical (unpaired) electrons. The molecule has 0 N–H and O–H groups in total. The summed E-state index contributed by atoms with van der Waals surface area (Å²) in [5.41, 5.74) is 1.68. The maximum Gasteiger partial charge on any atom is 0.160 e. The van der Waals surface area contributed by atoms with Crippen LogP contribution in [0.25, 0.3) is 6.08 Å². The lowest BCUT2D eigenvalue weighted by molar-refractivity contribution is -0.155. The van der Waals surface area contributed by atoms with E-state index in [1.165, 1.54) is 6.42 Å². The monoisotopic (exact) mass is 260 g/mol. The second kappa shape index (κ2) is 7.22. The summed E-state index contributed by atoms with van der Waals surface area (Å²) >= 11 is 0. The first-order valence-electron chi connectivity index (χ1n) is 6.77. The zero-order chi connectivity index (χ0) is 13.5. The molecule has 0 saturated carbocycles. The fourth-order valence-corrected chi connectivity index (χ4v) is 2.14. The van der Waals surface area contributed by atoms with Crippen LogP contribution in [0.5, 0.6) is 0 Å². The van der Waals surface area contributed by atoms with Crippen molar-refractivity contribution < 1.29 is 14.3 Å². The van der Waals surface area contributed by atoms with Gasteiger partial charge in [-0.2, -0.15) is 0 Å². The molecule has 0 aromatic heterocycles. The first kappa shape index (κ1) is 14.0. The highest BCUT2D eigenvalue weighted by Crippen LogP contribution is 2.14. The van der Waals surface area contributed by atoms with Crippen LogP contribution in [0.1, 0.15) is 42.1 Å². The standard InChI is InChI=1S/C16H20O3/c1-13(17)15-9-3-2-7-14(15)8-6-12-19-16-10-4-5-11-18-16/h2-3,6-9,16H,4-5,10-12H2,1H3/b8-6+. The zero-order valence-electron chi connectivity index (χ0n) is 11.3. The van der Waals surface area contributed by atoms with Crippen molar-refractivity contribution in [2.45, 2.75) is 32.5 Å². The molecule has 0 bridgehead atoms. The number of ether oxygens (including phenoxy) is 2. The number of hydrogen-bond donors (Lipinski definition) is 0. The normalized spacial score (nSPS) is 19.7. The number of Topliss-reactive ketones (excluding diaryl/α,β-unsaturated/α-hetero) is 1. The van der Waals surface area contributed by atoms with Crippen LogP contribution in [-0.2, 0) is 9.47 Å². The van der Waals surface area contributed by atoms with Gasteiger partial charge in [0.15, 0.2) is 12.1 Å². The Balaban J connectivity index is 1.86. The van der Waals surface area contributed by atoms with Crippen LogP contribution in [0.15, 0.2) is 30.3 Å². The lowest BCUT2D eigenvalue weighted by Gasteiger charge is -2.21. The molecular weight excluding hydrogens is 240 g/mol. The molecule has 1 fully saturated rings. The third-order valence-corrected chi connectivity index (χ3v) is 3.15.